The highest BCUT2D eigenvalue weighted by molar-refractivity contribution is 5.71. The van der Waals surface area contributed by atoms with E-state index in [2.05, 4.69) is 19.9 Å². The average molecular weight is 220 g/mol. The van der Waals surface area contributed by atoms with E-state index >= 15 is 0 Å². The summed E-state index contributed by atoms with van der Waals surface area (Å²) in [6.07, 6.45) is 1.13. The first-order valence-electron chi connectivity index (χ1n) is 5.34. The zero-order valence-corrected chi connectivity index (χ0v) is 9.64. The largest absolute Gasteiger partial charge is 0.438 e. The molecule has 0 aliphatic carbocycles. The molecule has 0 unspecified atom stereocenters. The van der Waals surface area contributed by atoms with Crippen molar-refractivity contribution in [3.8, 4) is 6.07 Å². The Labute approximate surface area is 95.5 Å². The van der Waals surface area contributed by atoms with E-state index in [0.29, 0.717) is 36.8 Å². The molecule has 0 spiro atoms. The first-order valence-corrected chi connectivity index (χ1v) is 5.34. The monoisotopic (exact) mass is 220 g/mol. The highest BCUT2D eigenvalue weighted by Gasteiger charge is 2.12. The second-order valence-corrected chi connectivity index (χ2v) is 4.04. The molecule has 1 rings (SSSR count). The van der Waals surface area contributed by atoms with Gasteiger partial charge >= 0.3 is 0 Å². The van der Waals surface area contributed by atoms with Gasteiger partial charge in [-0.1, -0.05) is 13.8 Å². The number of carbonyl (C=O) groups is 1. The zero-order chi connectivity index (χ0) is 12.0. The Morgan fingerprint density at radius 3 is 2.81 bits per heavy atom. The van der Waals surface area contributed by atoms with Crippen molar-refractivity contribution in [2.45, 2.75) is 20.3 Å². The van der Waals surface area contributed by atoms with Crippen LogP contribution < -0.4 is 4.90 Å². The summed E-state index contributed by atoms with van der Waals surface area (Å²) in [4.78, 5) is 12.5. The molecule has 86 valence electrons. The van der Waals surface area contributed by atoms with Crippen molar-refractivity contribution in [3.05, 3.63) is 17.9 Å². The molecule has 0 atom stereocenters. The smallest absolute Gasteiger partial charge is 0.196 e. The number of rotatable bonds is 6. The Morgan fingerprint density at radius 1 is 1.56 bits per heavy atom. The van der Waals surface area contributed by atoms with Gasteiger partial charge in [0.2, 0.25) is 0 Å². The van der Waals surface area contributed by atoms with E-state index in [0.717, 1.165) is 6.54 Å². The predicted octanol–water partition coefficient (Wildman–Crippen LogP) is 2.47. The minimum Gasteiger partial charge on any atom is -0.438 e. The summed E-state index contributed by atoms with van der Waals surface area (Å²) in [6, 6.07) is 5.52. The van der Waals surface area contributed by atoms with E-state index in [-0.39, 0.29) is 0 Å². The first-order chi connectivity index (χ1) is 7.67. The van der Waals surface area contributed by atoms with Crippen LogP contribution in [-0.2, 0) is 0 Å². The maximum Gasteiger partial charge on any atom is 0.196 e. The third kappa shape index (κ3) is 3.43. The standard InChI is InChI=1S/C12H16N2O2/c1-10(2)8-14(7-3-6-13)12-5-4-11(9-15)16-12/h4-5,9-10H,3,7-8H2,1-2H3. The van der Waals surface area contributed by atoms with Gasteiger partial charge < -0.3 is 9.32 Å². The Hall–Kier alpha value is -1.76. The minimum absolute atomic E-state index is 0.320. The van der Waals surface area contributed by atoms with E-state index in [1.807, 2.05) is 4.90 Å². The summed E-state index contributed by atoms with van der Waals surface area (Å²) in [5.41, 5.74) is 0. The number of carbonyl (C=O) groups excluding carboxylic acids is 1. The predicted molar refractivity (Wildman–Crippen MR) is 61.4 cm³/mol. The van der Waals surface area contributed by atoms with E-state index in [1.165, 1.54) is 0 Å². The van der Waals surface area contributed by atoms with Gasteiger partial charge in [-0.25, -0.2) is 0 Å². The van der Waals surface area contributed by atoms with Gasteiger partial charge in [0.25, 0.3) is 0 Å². The van der Waals surface area contributed by atoms with Crippen LogP contribution in [0.1, 0.15) is 30.8 Å². The van der Waals surface area contributed by atoms with Crippen molar-refractivity contribution in [1.82, 2.24) is 0 Å². The van der Waals surface area contributed by atoms with Gasteiger partial charge in [0.15, 0.2) is 17.9 Å². The highest BCUT2D eigenvalue weighted by atomic mass is 16.4. The lowest BCUT2D eigenvalue weighted by Crippen LogP contribution is -2.28. The summed E-state index contributed by atoms with van der Waals surface area (Å²) in [6.45, 7) is 5.64. The quantitative estimate of drug-likeness (QED) is 0.691. The Bertz CT molecular complexity index is 377. The van der Waals surface area contributed by atoms with Crippen LogP contribution in [0, 0.1) is 17.2 Å². The summed E-state index contributed by atoms with van der Waals surface area (Å²) >= 11 is 0. The molecule has 0 saturated carbocycles. The molecule has 0 radical (unpaired) electrons. The SMILES string of the molecule is CC(C)CN(CCC#N)c1ccc(C=O)o1. The summed E-state index contributed by atoms with van der Waals surface area (Å²) in [5, 5.41) is 8.58. The first kappa shape index (κ1) is 12.3. The van der Waals surface area contributed by atoms with Crippen molar-refractivity contribution in [2.75, 3.05) is 18.0 Å². The van der Waals surface area contributed by atoms with E-state index in [9.17, 15) is 4.79 Å². The van der Waals surface area contributed by atoms with E-state index in [4.69, 9.17) is 9.68 Å². The zero-order valence-electron chi connectivity index (χ0n) is 9.64. The fourth-order valence-electron chi connectivity index (χ4n) is 1.49. The molecule has 0 aromatic carbocycles. The molecule has 0 saturated heterocycles. The average Bonchev–Trinajstić information content (AvgIpc) is 2.72. The molecule has 1 aromatic heterocycles. The fraction of sp³-hybridized carbons (Fsp3) is 0.500. The molecular formula is C12H16N2O2. The van der Waals surface area contributed by atoms with Crippen molar-refractivity contribution < 1.29 is 9.21 Å². The van der Waals surface area contributed by atoms with E-state index in [1.54, 1.807) is 12.1 Å². The summed E-state index contributed by atoms with van der Waals surface area (Å²) in [5.74, 6) is 1.45. The molecule has 1 heterocycles. The van der Waals surface area contributed by atoms with Gasteiger partial charge in [0.05, 0.1) is 12.5 Å². The van der Waals surface area contributed by atoms with Crippen molar-refractivity contribution in [3.63, 3.8) is 0 Å². The molecule has 4 nitrogen and oxygen atoms in total. The van der Waals surface area contributed by atoms with Crippen LogP contribution in [0.25, 0.3) is 0 Å². The number of anilines is 1. The van der Waals surface area contributed by atoms with Crippen LogP contribution in [0.4, 0.5) is 5.88 Å². The number of aldehydes is 1. The van der Waals surface area contributed by atoms with Gasteiger partial charge in [-0.3, -0.25) is 4.79 Å². The molecule has 0 amide bonds. The Kier molecular flexibility index (Phi) is 4.59. The number of furan rings is 1. The lowest BCUT2D eigenvalue weighted by atomic mass is 10.2. The Morgan fingerprint density at radius 2 is 2.31 bits per heavy atom. The van der Waals surface area contributed by atoms with Crippen molar-refractivity contribution in [1.29, 1.82) is 5.26 Å². The van der Waals surface area contributed by atoms with Gasteiger partial charge in [-0.05, 0) is 12.0 Å². The molecule has 1 aromatic rings. The van der Waals surface area contributed by atoms with Crippen LogP contribution in [0.15, 0.2) is 16.5 Å². The van der Waals surface area contributed by atoms with Gasteiger partial charge in [0, 0.05) is 19.2 Å². The number of nitriles is 1. The third-order valence-electron chi connectivity index (χ3n) is 2.12. The Balaban J connectivity index is 2.74. The van der Waals surface area contributed by atoms with Crippen LogP contribution >= 0.6 is 0 Å². The van der Waals surface area contributed by atoms with Gasteiger partial charge in [-0.2, -0.15) is 5.26 Å². The maximum absolute atomic E-state index is 10.5. The van der Waals surface area contributed by atoms with Gasteiger partial charge in [-0.15, -0.1) is 0 Å². The number of hydrogen-bond donors (Lipinski definition) is 0. The van der Waals surface area contributed by atoms with Gasteiger partial charge in [0.1, 0.15) is 0 Å². The molecule has 0 aliphatic heterocycles. The topological polar surface area (TPSA) is 57.2 Å². The number of hydrogen-bond acceptors (Lipinski definition) is 4. The van der Waals surface area contributed by atoms with Crippen LogP contribution in [0.2, 0.25) is 0 Å². The molecule has 0 fully saturated rings. The highest BCUT2D eigenvalue weighted by Crippen LogP contribution is 2.19. The summed E-state index contributed by atoms with van der Waals surface area (Å²) in [7, 11) is 0. The third-order valence-corrected chi connectivity index (χ3v) is 2.12. The molecule has 0 N–H and O–H groups in total. The lowest BCUT2D eigenvalue weighted by Gasteiger charge is -2.22. The van der Waals surface area contributed by atoms with Crippen LogP contribution in [-0.4, -0.2) is 19.4 Å². The van der Waals surface area contributed by atoms with Crippen molar-refractivity contribution >= 4 is 12.2 Å². The normalized spacial score (nSPS) is 10.1. The lowest BCUT2D eigenvalue weighted by molar-refractivity contribution is 0.110. The van der Waals surface area contributed by atoms with Crippen LogP contribution in [0.5, 0.6) is 0 Å². The fourth-order valence-corrected chi connectivity index (χ4v) is 1.49. The molecule has 16 heavy (non-hydrogen) atoms. The van der Waals surface area contributed by atoms with Crippen LogP contribution in [0.3, 0.4) is 0 Å². The van der Waals surface area contributed by atoms with E-state index < -0.39 is 0 Å². The number of nitrogens with zero attached hydrogens (tertiary/aromatic N) is 2. The maximum atomic E-state index is 10.5. The molecule has 0 bridgehead atoms. The molecular weight excluding hydrogens is 204 g/mol. The molecule has 4 heteroatoms. The summed E-state index contributed by atoms with van der Waals surface area (Å²) < 4.78 is 5.34. The second kappa shape index (κ2) is 5.96. The second-order valence-electron chi connectivity index (χ2n) is 4.04. The molecule has 0 aliphatic rings. The minimum atomic E-state index is 0.320. The van der Waals surface area contributed by atoms with Crippen molar-refractivity contribution in [2.24, 2.45) is 5.92 Å².